The third-order valence-corrected chi connectivity index (χ3v) is 3.60. The lowest BCUT2D eigenvalue weighted by Crippen LogP contribution is -2.33. The molecule has 0 aromatic carbocycles. The number of hydrogen-bond donors (Lipinski definition) is 0. The Hall–Kier alpha value is -0.550. The van der Waals surface area contributed by atoms with Gasteiger partial charge in [0.05, 0.1) is 6.07 Å². The second-order valence-corrected chi connectivity index (χ2v) is 5.01. The van der Waals surface area contributed by atoms with Crippen LogP contribution < -0.4 is 0 Å². The van der Waals surface area contributed by atoms with Crippen LogP contribution in [0.3, 0.4) is 0 Å². The van der Waals surface area contributed by atoms with Gasteiger partial charge < -0.3 is 4.90 Å². The number of likely N-dealkylation sites (tertiary alicyclic amines) is 1. The summed E-state index contributed by atoms with van der Waals surface area (Å²) in [6.45, 7) is 5.81. The van der Waals surface area contributed by atoms with Crippen molar-refractivity contribution in [1.29, 1.82) is 5.26 Å². The molecule has 1 rings (SSSR count). The van der Waals surface area contributed by atoms with Crippen molar-refractivity contribution < 1.29 is 0 Å². The normalized spacial score (nSPS) is 18.5. The van der Waals surface area contributed by atoms with E-state index in [1.54, 1.807) is 0 Å². The molecule has 0 saturated carbocycles. The Morgan fingerprint density at radius 1 is 1.06 bits per heavy atom. The smallest absolute Gasteiger partial charge is 0.0656 e. The summed E-state index contributed by atoms with van der Waals surface area (Å²) in [6, 6.07) is 2.39. The molecule has 1 aliphatic heterocycles. The number of unbranched alkanes of at least 4 members (excludes halogenated alkanes) is 5. The minimum Gasteiger partial charge on any atom is -0.303 e. The van der Waals surface area contributed by atoms with Gasteiger partial charge in [-0.15, -0.1) is 0 Å². The maximum absolute atomic E-state index is 8.81. The number of nitrogens with zero attached hydrogens (tertiary/aromatic N) is 2. The van der Waals surface area contributed by atoms with Crippen molar-refractivity contribution in [3.63, 3.8) is 0 Å². The van der Waals surface area contributed by atoms with Crippen molar-refractivity contribution in [3.8, 4) is 6.07 Å². The first kappa shape index (κ1) is 13.5. The highest BCUT2D eigenvalue weighted by molar-refractivity contribution is 4.87. The molecule has 1 aliphatic rings. The Morgan fingerprint density at radius 2 is 1.69 bits per heavy atom. The maximum atomic E-state index is 8.81. The minimum atomic E-state index is 0.334. The van der Waals surface area contributed by atoms with Crippen LogP contribution in [0, 0.1) is 17.2 Å². The molecule has 0 amide bonds. The van der Waals surface area contributed by atoms with E-state index in [4.69, 9.17) is 5.26 Å². The zero-order valence-corrected chi connectivity index (χ0v) is 10.7. The first-order valence-electron chi connectivity index (χ1n) is 6.98. The first-order valence-corrected chi connectivity index (χ1v) is 6.98. The highest BCUT2D eigenvalue weighted by atomic mass is 15.1. The van der Waals surface area contributed by atoms with Crippen molar-refractivity contribution >= 4 is 0 Å². The zero-order valence-electron chi connectivity index (χ0n) is 10.7. The summed E-state index contributed by atoms with van der Waals surface area (Å²) in [5.41, 5.74) is 0. The van der Waals surface area contributed by atoms with Crippen LogP contribution in [0.4, 0.5) is 0 Å². The third kappa shape index (κ3) is 5.51. The summed E-state index contributed by atoms with van der Waals surface area (Å²) in [6.07, 6.45) is 10.5. The summed E-state index contributed by atoms with van der Waals surface area (Å²) in [7, 11) is 0. The van der Waals surface area contributed by atoms with Gasteiger partial charge in [0, 0.05) is 5.92 Å². The predicted octanol–water partition coefficient (Wildman–Crippen LogP) is 3.58. The molecule has 0 spiro atoms. The van der Waals surface area contributed by atoms with Crippen LogP contribution in [0.5, 0.6) is 0 Å². The fraction of sp³-hybridized carbons (Fsp3) is 0.929. The predicted molar refractivity (Wildman–Crippen MR) is 68.2 cm³/mol. The lowest BCUT2D eigenvalue weighted by molar-refractivity contribution is 0.202. The molecule has 0 bridgehead atoms. The molecule has 0 aromatic rings. The van der Waals surface area contributed by atoms with Crippen LogP contribution in [0.15, 0.2) is 0 Å². The highest BCUT2D eigenvalue weighted by Gasteiger charge is 2.17. The number of rotatable bonds is 7. The summed E-state index contributed by atoms with van der Waals surface area (Å²) in [5, 5.41) is 8.81. The van der Waals surface area contributed by atoms with Gasteiger partial charge in [0.25, 0.3) is 0 Å². The molecule has 16 heavy (non-hydrogen) atoms. The molecular weight excluding hydrogens is 196 g/mol. The van der Waals surface area contributed by atoms with Gasteiger partial charge in [-0.2, -0.15) is 5.26 Å². The summed E-state index contributed by atoms with van der Waals surface area (Å²) in [5.74, 6) is 0.334. The number of hydrogen-bond acceptors (Lipinski definition) is 2. The van der Waals surface area contributed by atoms with E-state index in [0.717, 1.165) is 25.9 Å². The van der Waals surface area contributed by atoms with Gasteiger partial charge in [0.2, 0.25) is 0 Å². The number of piperidine rings is 1. The minimum absolute atomic E-state index is 0.334. The van der Waals surface area contributed by atoms with E-state index < -0.39 is 0 Å². The Morgan fingerprint density at radius 3 is 2.31 bits per heavy atom. The van der Waals surface area contributed by atoms with E-state index >= 15 is 0 Å². The molecule has 0 aliphatic carbocycles. The van der Waals surface area contributed by atoms with E-state index in [0.29, 0.717) is 5.92 Å². The largest absolute Gasteiger partial charge is 0.303 e. The van der Waals surface area contributed by atoms with Crippen molar-refractivity contribution in [3.05, 3.63) is 0 Å². The maximum Gasteiger partial charge on any atom is 0.0656 e. The summed E-state index contributed by atoms with van der Waals surface area (Å²) >= 11 is 0. The molecular formula is C14H26N2. The van der Waals surface area contributed by atoms with Crippen molar-refractivity contribution in [2.75, 3.05) is 19.6 Å². The molecule has 0 aromatic heterocycles. The Balaban J connectivity index is 1.92. The summed E-state index contributed by atoms with van der Waals surface area (Å²) in [4.78, 5) is 2.54. The van der Waals surface area contributed by atoms with Gasteiger partial charge in [0.15, 0.2) is 0 Å². The van der Waals surface area contributed by atoms with Crippen molar-refractivity contribution in [2.24, 2.45) is 5.92 Å². The van der Waals surface area contributed by atoms with Crippen molar-refractivity contribution in [2.45, 2.75) is 58.3 Å². The molecule has 0 radical (unpaired) electrons. The average molecular weight is 222 g/mol. The second-order valence-electron chi connectivity index (χ2n) is 5.01. The second kappa shape index (κ2) is 8.58. The van der Waals surface area contributed by atoms with E-state index in [9.17, 15) is 0 Å². The highest BCUT2D eigenvalue weighted by Crippen LogP contribution is 2.16. The van der Waals surface area contributed by atoms with Crippen LogP contribution >= 0.6 is 0 Å². The SMILES string of the molecule is CCCCCCCCN1CCC(C#N)CC1. The van der Waals surface area contributed by atoms with Gasteiger partial charge >= 0.3 is 0 Å². The molecule has 0 unspecified atom stereocenters. The van der Waals surface area contributed by atoms with E-state index in [-0.39, 0.29) is 0 Å². The monoisotopic (exact) mass is 222 g/mol. The zero-order chi connectivity index (χ0) is 11.6. The Bertz CT molecular complexity index is 199. The third-order valence-electron chi connectivity index (χ3n) is 3.60. The molecule has 92 valence electrons. The van der Waals surface area contributed by atoms with Crippen LogP contribution in [-0.4, -0.2) is 24.5 Å². The molecule has 2 heteroatoms. The molecule has 1 heterocycles. The first-order chi connectivity index (χ1) is 7.86. The van der Waals surface area contributed by atoms with E-state index in [2.05, 4.69) is 17.9 Å². The fourth-order valence-corrected chi connectivity index (χ4v) is 2.40. The van der Waals surface area contributed by atoms with Crippen molar-refractivity contribution in [1.82, 2.24) is 4.90 Å². The van der Waals surface area contributed by atoms with Gasteiger partial charge in [0.1, 0.15) is 0 Å². The molecule has 0 N–H and O–H groups in total. The van der Waals surface area contributed by atoms with E-state index in [1.165, 1.54) is 45.1 Å². The van der Waals surface area contributed by atoms with Gasteiger partial charge in [-0.05, 0) is 38.9 Å². The summed E-state index contributed by atoms with van der Waals surface area (Å²) < 4.78 is 0. The fourth-order valence-electron chi connectivity index (χ4n) is 2.40. The van der Waals surface area contributed by atoms with Crippen LogP contribution in [-0.2, 0) is 0 Å². The Kier molecular flexibility index (Phi) is 7.25. The van der Waals surface area contributed by atoms with E-state index in [1.807, 2.05) is 0 Å². The standard InChI is InChI=1S/C14H26N2/c1-2-3-4-5-6-7-10-16-11-8-14(13-15)9-12-16/h14H,2-12H2,1H3. The lowest BCUT2D eigenvalue weighted by atomic mass is 9.98. The number of nitriles is 1. The van der Waals surface area contributed by atoms with Gasteiger partial charge in [-0.1, -0.05) is 39.0 Å². The topological polar surface area (TPSA) is 27.0 Å². The van der Waals surface area contributed by atoms with Gasteiger partial charge in [-0.3, -0.25) is 0 Å². The molecule has 1 fully saturated rings. The molecule has 2 nitrogen and oxygen atoms in total. The Labute approximate surface area is 101 Å². The van der Waals surface area contributed by atoms with Gasteiger partial charge in [-0.25, -0.2) is 0 Å². The van der Waals surface area contributed by atoms with Crippen LogP contribution in [0.2, 0.25) is 0 Å². The molecule has 1 saturated heterocycles. The van der Waals surface area contributed by atoms with Crippen LogP contribution in [0.25, 0.3) is 0 Å². The molecule has 0 atom stereocenters. The van der Waals surface area contributed by atoms with Crippen LogP contribution in [0.1, 0.15) is 58.3 Å². The quantitative estimate of drug-likeness (QED) is 0.616. The lowest BCUT2D eigenvalue weighted by Gasteiger charge is -2.28. The average Bonchev–Trinajstić information content (AvgIpc) is 2.34.